The van der Waals surface area contributed by atoms with E-state index in [2.05, 4.69) is 17.3 Å². The Morgan fingerprint density at radius 1 is 1.26 bits per heavy atom. The van der Waals surface area contributed by atoms with Crippen LogP contribution in [0.15, 0.2) is 36.4 Å². The number of fused-ring (bicyclic) bond motifs is 3. The number of nitrogens with zero attached hydrogens (tertiary/aromatic N) is 2. The molecular weight excluding hydrogens is 354 g/mol. The summed E-state index contributed by atoms with van der Waals surface area (Å²) in [5, 5.41) is 9.03. The lowest BCUT2D eigenvalue weighted by molar-refractivity contribution is 0.0919. The van der Waals surface area contributed by atoms with Gasteiger partial charge in [0.1, 0.15) is 4.83 Å². The molecule has 1 aromatic carbocycles. The average Bonchev–Trinajstić information content (AvgIpc) is 3.44. The third kappa shape index (κ3) is 2.89. The molecular formula is C22H25N3OS. The van der Waals surface area contributed by atoms with Crippen LogP contribution in [-0.2, 0) is 0 Å². The maximum absolute atomic E-state index is 12.9. The minimum Gasteiger partial charge on any atom is -0.349 e. The van der Waals surface area contributed by atoms with Gasteiger partial charge in [0.2, 0.25) is 0 Å². The number of thiophene rings is 1. The van der Waals surface area contributed by atoms with Gasteiger partial charge in [0.25, 0.3) is 5.91 Å². The van der Waals surface area contributed by atoms with E-state index in [1.165, 1.54) is 37.0 Å². The molecule has 4 atom stereocenters. The average molecular weight is 380 g/mol. The standard InChI is InChI=1S/C22H25N3OS/c1-13(18-11-15-8-9-16(18)10-15)23-21(26)20-12-19-14(2)24-25(22(19)27-20)17-6-4-3-5-7-17/h3-7,12-13,15-16,18H,8-11H2,1-2H3,(H,23,26)/t13-,15+,16+,18-/m1/s1. The zero-order valence-corrected chi connectivity index (χ0v) is 16.6. The first-order valence-electron chi connectivity index (χ1n) is 9.95. The van der Waals surface area contributed by atoms with Crippen molar-refractivity contribution in [2.45, 2.75) is 45.6 Å². The molecule has 2 heterocycles. The Kier molecular flexibility index (Phi) is 4.08. The molecule has 2 aliphatic carbocycles. The summed E-state index contributed by atoms with van der Waals surface area (Å²) in [5.74, 6) is 2.44. The van der Waals surface area contributed by atoms with E-state index in [-0.39, 0.29) is 11.9 Å². The van der Waals surface area contributed by atoms with Crippen LogP contribution in [0.25, 0.3) is 15.9 Å². The molecule has 5 heteroatoms. The molecule has 2 aromatic heterocycles. The van der Waals surface area contributed by atoms with Crippen molar-refractivity contribution in [2.75, 3.05) is 0 Å². The molecule has 0 aliphatic heterocycles. The Bertz CT molecular complexity index is 990. The van der Waals surface area contributed by atoms with Crippen LogP contribution >= 0.6 is 11.3 Å². The van der Waals surface area contributed by atoms with Crippen LogP contribution in [0.4, 0.5) is 0 Å². The van der Waals surface area contributed by atoms with Crippen LogP contribution < -0.4 is 5.32 Å². The lowest BCUT2D eigenvalue weighted by Gasteiger charge is -2.28. The molecule has 2 aliphatic rings. The molecule has 2 saturated carbocycles. The molecule has 2 fully saturated rings. The molecule has 0 unspecified atom stereocenters. The summed E-state index contributed by atoms with van der Waals surface area (Å²) in [7, 11) is 0. The Morgan fingerprint density at radius 3 is 2.78 bits per heavy atom. The Morgan fingerprint density at radius 2 is 2.07 bits per heavy atom. The zero-order valence-electron chi connectivity index (χ0n) is 15.8. The fraction of sp³-hybridized carbons (Fsp3) is 0.455. The molecule has 0 spiro atoms. The van der Waals surface area contributed by atoms with Gasteiger partial charge in [-0.3, -0.25) is 4.79 Å². The third-order valence-electron chi connectivity index (χ3n) is 6.56. The number of aryl methyl sites for hydroxylation is 1. The van der Waals surface area contributed by atoms with E-state index in [1.54, 1.807) is 0 Å². The summed E-state index contributed by atoms with van der Waals surface area (Å²) in [6.45, 7) is 4.20. The van der Waals surface area contributed by atoms with Crippen molar-refractivity contribution >= 4 is 27.5 Å². The molecule has 4 nitrogen and oxygen atoms in total. The summed E-state index contributed by atoms with van der Waals surface area (Å²) in [6.07, 6.45) is 5.42. The van der Waals surface area contributed by atoms with Gasteiger partial charge >= 0.3 is 0 Å². The van der Waals surface area contributed by atoms with E-state index in [9.17, 15) is 4.79 Å². The fourth-order valence-electron chi connectivity index (χ4n) is 5.19. The Hall–Kier alpha value is -2.14. The van der Waals surface area contributed by atoms with Crippen LogP contribution in [0.3, 0.4) is 0 Å². The van der Waals surface area contributed by atoms with E-state index in [0.717, 1.165) is 38.3 Å². The smallest absolute Gasteiger partial charge is 0.261 e. The van der Waals surface area contributed by atoms with Gasteiger partial charge in [-0.1, -0.05) is 24.6 Å². The van der Waals surface area contributed by atoms with Gasteiger partial charge < -0.3 is 5.32 Å². The van der Waals surface area contributed by atoms with Crippen LogP contribution in [0.5, 0.6) is 0 Å². The summed E-state index contributed by atoms with van der Waals surface area (Å²) in [4.78, 5) is 14.7. The molecule has 1 amide bonds. The number of aromatic nitrogens is 2. The molecule has 3 aromatic rings. The number of rotatable bonds is 4. The summed E-state index contributed by atoms with van der Waals surface area (Å²) >= 11 is 1.54. The third-order valence-corrected chi connectivity index (χ3v) is 7.67. The van der Waals surface area contributed by atoms with Crippen molar-refractivity contribution in [2.24, 2.45) is 17.8 Å². The first-order chi connectivity index (χ1) is 13.1. The number of carbonyl (C=O) groups is 1. The second kappa shape index (κ2) is 6.48. The lowest BCUT2D eigenvalue weighted by atomic mass is 9.84. The molecule has 27 heavy (non-hydrogen) atoms. The monoisotopic (exact) mass is 379 g/mol. The van der Waals surface area contributed by atoms with Crippen LogP contribution in [-0.4, -0.2) is 21.7 Å². The predicted octanol–water partition coefficient (Wildman–Crippen LogP) is 4.95. The van der Waals surface area contributed by atoms with E-state index in [0.29, 0.717) is 5.92 Å². The highest BCUT2D eigenvalue weighted by molar-refractivity contribution is 7.20. The van der Waals surface area contributed by atoms with Gasteiger partial charge in [0.05, 0.1) is 16.3 Å². The number of nitrogens with one attached hydrogen (secondary N) is 1. The number of carbonyl (C=O) groups excluding carboxylic acids is 1. The number of para-hydroxylation sites is 1. The molecule has 0 saturated heterocycles. The first-order valence-corrected chi connectivity index (χ1v) is 10.8. The first kappa shape index (κ1) is 17.0. The molecule has 1 N–H and O–H groups in total. The highest BCUT2D eigenvalue weighted by atomic mass is 32.1. The van der Waals surface area contributed by atoms with Gasteiger partial charge in [0, 0.05) is 11.4 Å². The van der Waals surface area contributed by atoms with Crippen molar-refractivity contribution < 1.29 is 4.79 Å². The largest absolute Gasteiger partial charge is 0.349 e. The van der Waals surface area contributed by atoms with E-state index >= 15 is 0 Å². The van der Waals surface area contributed by atoms with E-state index in [4.69, 9.17) is 0 Å². The van der Waals surface area contributed by atoms with Crippen LogP contribution in [0.1, 0.15) is 48.0 Å². The SMILES string of the molecule is Cc1nn(-c2ccccc2)c2sc(C(=O)N[C@H](C)[C@H]3C[C@H]4CC[C@H]3C4)cc12. The van der Waals surface area contributed by atoms with Crippen molar-refractivity contribution in [1.29, 1.82) is 0 Å². The highest BCUT2D eigenvalue weighted by Gasteiger charge is 2.42. The molecule has 2 bridgehead atoms. The number of amides is 1. The van der Waals surface area contributed by atoms with E-state index < -0.39 is 0 Å². The normalized spacial score (nSPS) is 25.2. The number of benzene rings is 1. The lowest BCUT2D eigenvalue weighted by Crippen LogP contribution is -2.39. The van der Waals surface area contributed by atoms with Gasteiger partial charge in [-0.05, 0) is 69.1 Å². The van der Waals surface area contributed by atoms with Gasteiger partial charge in [-0.15, -0.1) is 11.3 Å². The fourth-order valence-corrected chi connectivity index (χ4v) is 6.28. The number of hydrogen-bond donors (Lipinski definition) is 1. The quantitative estimate of drug-likeness (QED) is 0.697. The second-order valence-electron chi connectivity index (χ2n) is 8.26. The Labute approximate surface area is 163 Å². The topological polar surface area (TPSA) is 46.9 Å². The van der Waals surface area contributed by atoms with E-state index in [1.807, 2.05) is 48.0 Å². The Balaban J connectivity index is 1.39. The van der Waals surface area contributed by atoms with Gasteiger partial charge in [0.15, 0.2) is 0 Å². The van der Waals surface area contributed by atoms with Crippen molar-refractivity contribution in [3.8, 4) is 5.69 Å². The van der Waals surface area contributed by atoms with Crippen LogP contribution in [0, 0.1) is 24.7 Å². The molecule has 140 valence electrons. The maximum Gasteiger partial charge on any atom is 0.261 e. The highest BCUT2D eigenvalue weighted by Crippen LogP contribution is 2.49. The van der Waals surface area contributed by atoms with Crippen molar-refractivity contribution in [3.05, 3.63) is 47.0 Å². The molecule has 5 rings (SSSR count). The van der Waals surface area contributed by atoms with Crippen LogP contribution in [0.2, 0.25) is 0 Å². The molecule has 0 radical (unpaired) electrons. The number of hydrogen-bond acceptors (Lipinski definition) is 3. The predicted molar refractivity (Wildman–Crippen MR) is 110 cm³/mol. The summed E-state index contributed by atoms with van der Waals surface area (Å²) < 4.78 is 1.95. The van der Waals surface area contributed by atoms with Gasteiger partial charge in [-0.2, -0.15) is 5.10 Å². The summed E-state index contributed by atoms with van der Waals surface area (Å²) in [6, 6.07) is 12.4. The van der Waals surface area contributed by atoms with Gasteiger partial charge in [-0.25, -0.2) is 4.68 Å². The van der Waals surface area contributed by atoms with Crippen molar-refractivity contribution in [3.63, 3.8) is 0 Å². The minimum absolute atomic E-state index is 0.0606. The second-order valence-corrected chi connectivity index (χ2v) is 9.29. The zero-order chi connectivity index (χ0) is 18.5. The van der Waals surface area contributed by atoms with Crippen molar-refractivity contribution in [1.82, 2.24) is 15.1 Å². The minimum atomic E-state index is 0.0606. The summed E-state index contributed by atoms with van der Waals surface area (Å²) in [5.41, 5.74) is 1.99. The maximum atomic E-state index is 12.9.